The first-order chi connectivity index (χ1) is 6.59. The average molecular weight is 257 g/mol. The zero-order chi connectivity index (χ0) is 10.6. The third kappa shape index (κ3) is 3.78. The van der Waals surface area contributed by atoms with Crippen molar-refractivity contribution in [1.82, 2.24) is 5.32 Å². The summed E-state index contributed by atoms with van der Waals surface area (Å²) in [6, 6.07) is 8.67. The minimum atomic E-state index is 0.0647. The Morgan fingerprint density at radius 1 is 1.43 bits per heavy atom. The fourth-order valence-corrected chi connectivity index (χ4v) is 1.63. The predicted octanol–water partition coefficient (Wildman–Crippen LogP) is 2.45. The van der Waals surface area contributed by atoms with Gasteiger partial charge in [0.25, 0.3) is 0 Å². The third-order valence-electron chi connectivity index (χ3n) is 2.02. The summed E-state index contributed by atoms with van der Waals surface area (Å²) in [6.45, 7) is 5.05. The quantitative estimate of drug-likeness (QED) is 0.869. The second kappa shape index (κ2) is 5.49. The van der Waals surface area contributed by atoms with Gasteiger partial charge in [0.05, 0.1) is 0 Å². The van der Waals surface area contributed by atoms with Gasteiger partial charge >= 0.3 is 0 Å². The summed E-state index contributed by atoms with van der Waals surface area (Å²) < 4.78 is 1.08. The summed E-state index contributed by atoms with van der Waals surface area (Å²) >= 11 is 3.43. The van der Waals surface area contributed by atoms with Crippen LogP contribution in [0.25, 0.3) is 0 Å². The van der Waals surface area contributed by atoms with Gasteiger partial charge in [-0.15, -0.1) is 0 Å². The van der Waals surface area contributed by atoms with E-state index in [0.717, 1.165) is 16.6 Å². The van der Waals surface area contributed by atoms with Gasteiger partial charge in [0.2, 0.25) is 0 Å². The number of hydrogen-bond acceptors (Lipinski definition) is 2. The van der Waals surface area contributed by atoms with Gasteiger partial charge in [-0.1, -0.05) is 41.9 Å². The normalized spacial score (nSPS) is 13.2. The highest BCUT2D eigenvalue weighted by Crippen LogP contribution is 2.16. The van der Waals surface area contributed by atoms with Crippen LogP contribution in [-0.2, 0) is 0 Å². The number of hydrogen-bond donors (Lipinski definition) is 2. The number of halogens is 1. The van der Waals surface area contributed by atoms with Gasteiger partial charge in [-0.25, -0.2) is 0 Å². The second-order valence-electron chi connectivity index (χ2n) is 3.72. The number of nitrogens with one attached hydrogen (secondary N) is 1. The lowest BCUT2D eigenvalue weighted by Crippen LogP contribution is -2.31. The van der Waals surface area contributed by atoms with E-state index in [-0.39, 0.29) is 6.04 Å². The predicted molar refractivity (Wildman–Crippen MR) is 64.2 cm³/mol. The monoisotopic (exact) mass is 256 g/mol. The number of nitrogens with two attached hydrogens (primary N) is 1. The summed E-state index contributed by atoms with van der Waals surface area (Å²) in [7, 11) is 0. The molecule has 0 spiro atoms. The SMILES string of the molecule is CC(C)NCC(N)c1cccc(Br)c1. The molecule has 0 saturated carbocycles. The van der Waals surface area contributed by atoms with Crippen molar-refractivity contribution in [2.45, 2.75) is 25.9 Å². The summed E-state index contributed by atoms with van der Waals surface area (Å²) in [5.74, 6) is 0. The van der Waals surface area contributed by atoms with Crippen molar-refractivity contribution in [2.24, 2.45) is 5.73 Å². The van der Waals surface area contributed by atoms with E-state index in [1.807, 2.05) is 12.1 Å². The summed E-state index contributed by atoms with van der Waals surface area (Å²) in [4.78, 5) is 0. The lowest BCUT2D eigenvalue weighted by molar-refractivity contribution is 0.537. The van der Waals surface area contributed by atoms with Crippen LogP contribution >= 0.6 is 15.9 Å². The van der Waals surface area contributed by atoms with Gasteiger partial charge in [-0.3, -0.25) is 0 Å². The minimum absolute atomic E-state index is 0.0647. The zero-order valence-corrected chi connectivity index (χ0v) is 10.2. The van der Waals surface area contributed by atoms with Crippen molar-refractivity contribution in [2.75, 3.05) is 6.54 Å². The van der Waals surface area contributed by atoms with Gasteiger partial charge < -0.3 is 11.1 Å². The standard InChI is InChI=1S/C11H17BrN2/c1-8(2)14-7-11(13)9-4-3-5-10(12)6-9/h3-6,8,11,14H,7,13H2,1-2H3. The highest BCUT2D eigenvalue weighted by atomic mass is 79.9. The second-order valence-corrected chi connectivity index (χ2v) is 4.64. The molecule has 3 N–H and O–H groups in total. The first-order valence-corrected chi connectivity index (χ1v) is 5.63. The van der Waals surface area contributed by atoms with Crippen molar-refractivity contribution in [1.29, 1.82) is 0 Å². The Labute approximate surface area is 94.0 Å². The van der Waals surface area contributed by atoms with Crippen LogP contribution in [0.5, 0.6) is 0 Å². The van der Waals surface area contributed by atoms with E-state index in [2.05, 4.69) is 47.2 Å². The van der Waals surface area contributed by atoms with E-state index >= 15 is 0 Å². The van der Waals surface area contributed by atoms with Gasteiger partial charge in [-0.05, 0) is 17.7 Å². The molecule has 14 heavy (non-hydrogen) atoms. The minimum Gasteiger partial charge on any atom is -0.323 e. The molecule has 0 fully saturated rings. The van der Waals surface area contributed by atoms with Crippen LogP contribution in [-0.4, -0.2) is 12.6 Å². The Hall–Kier alpha value is -0.380. The summed E-state index contributed by atoms with van der Waals surface area (Å²) in [6.07, 6.45) is 0. The molecule has 3 heteroatoms. The lowest BCUT2D eigenvalue weighted by Gasteiger charge is -2.15. The first kappa shape index (κ1) is 11.7. The molecule has 1 unspecified atom stereocenters. The molecule has 0 aromatic heterocycles. The first-order valence-electron chi connectivity index (χ1n) is 4.84. The molecule has 0 aliphatic rings. The Balaban J connectivity index is 2.56. The Kier molecular flexibility index (Phi) is 4.58. The van der Waals surface area contributed by atoms with Crippen LogP contribution < -0.4 is 11.1 Å². The lowest BCUT2D eigenvalue weighted by atomic mass is 10.1. The van der Waals surface area contributed by atoms with Crippen molar-refractivity contribution >= 4 is 15.9 Å². The van der Waals surface area contributed by atoms with Crippen LogP contribution in [0.15, 0.2) is 28.7 Å². The topological polar surface area (TPSA) is 38.0 Å². The van der Waals surface area contributed by atoms with E-state index in [4.69, 9.17) is 5.73 Å². The molecule has 0 aliphatic heterocycles. The maximum atomic E-state index is 6.03. The van der Waals surface area contributed by atoms with Crippen LogP contribution in [0.1, 0.15) is 25.5 Å². The molecule has 1 aromatic rings. The number of rotatable bonds is 4. The smallest absolute Gasteiger partial charge is 0.0422 e. The maximum absolute atomic E-state index is 6.03. The van der Waals surface area contributed by atoms with E-state index < -0.39 is 0 Å². The Bertz CT molecular complexity index is 286. The van der Waals surface area contributed by atoms with Gasteiger partial charge in [-0.2, -0.15) is 0 Å². The molecule has 2 nitrogen and oxygen atoms in total. The molecule has 0 amide bonds. The summed E-state index contributed by atoms with van der Waals surface area (Å²) in [5, 5.41) is 3.32. The van der Waals surface area contributed by atoms with Gasteiger partial charge in [0.15, 0.2) is 0 Å². The summed E-state index contributed by atoms with van der Waals surface area (Å²) in [5.41, 5.74) is 7.19. The van der Waals surface area contributed by atoms with Gasteiger partial charge in [0, 0.05) is 23.1 Å². The number of benzene rings is 1. The highest BCUT2D eigenvalue weighted by Gasteiger charge is 2.06. The maximum Gasteiger partial charge on any atom is 0.0422 e. The fourth-order valence-electron chi connectivity index (χ4n) is 1.22. The third-order valence-corrected chi connectivity index (χ3v) is 2.52. The van der Waals surface area contributed by atoms with E-state index in [9.17, 15) is 0 Å². The zero-order valence-electron chi connectivity index (χ0n) is 8.63. The highest BCUT2D eigenvalue weighted by molar-refractivity contribution is 9.10. The molecule has 0 heterocycles. The van der Waals surface area contributed by atoms with E-state index in [1.54, 1.807) is 0 Å². The molecular formula is C11H17BrN2. The van der Waals surface area contributed by atoms with Crippen molar-refractivity contribution in [3.05, 3.63) is 34.3 Å². The molecule has 0 saturated heterocycles. The molecule has 78 valence electrons. The Morgan fingerprint density at radius 2 is 2.14 bits per heavy atom. The van der Waals surface area contributed by atoms with Crippen LogP contribution in [0.3, 0.4) is 0 Å². The Morgan fingerprint density at radius 3 is 2.71 bits per heavy atom. The van der Waals surface area contributed by atoms with Gasteiger partial charge in [0.1, 0.15) is 0 Å². The van der Waals surface area contributed by atoms with Crippen molar-refractivity contribution in [3.63, 3.8) is 0 Å². The van der Waals surface area contributed by atoms with Crippen LogP contribution in [0, 0.1) is 0 Å². The molecule has 0 aliphatic carbocycles. The molecule has 1 atom stereocenters. The molecule has 1 aromatic carbocycles. The fraction of sp³-hybridized carbons (Fsp3) is 0.455. The molecule has 0 bridgehead atoms. The average Bonchev–Trinajstić information content (AvgIpc) is 2.14. The molecule has 0 radical (unpaired) electrons. The van der Waals surface area contributed by atoms with Crippen molar-refractivity contribution < 1.29 is 0 Å². The van der Waals surface area contributed by atoms with Crippen LogP contribution in [0.2, 0.25) is 0 Å². The van der Waals surface area contributed by atoms with E-state index in [1.165, 1.54) is 0 Å². The van der Waals surface area contributed by atoms with Crippen molar-refractivity contribution in [3.8, 4) is 0 Å². The van der Waals surface area contributed by atoms with Crippen LogP contribution in [0.4, 0.5) is 0 Å². The van der Waals surface area contributed by atoms with E-state index in [0.29, 0.717) is 6.04 Å². The largest absolute Gasteiger partial charge is 0.323 e. The molecular weight excluding hydrogens is 240 g/mol. The molecule has 1 rings (SSSR count).